The van der Waals surface area contributed by atoms with Crippen LogP contribution in [0.1, 0.15) is 38.3 Å². The highest BCUT2D eigenvalue weighted by molar-refractivity contribution is 9.10. The van der Waals surface area contributed by atoms with Crippen molar-refractivity contribution in [1.82, 2.24) is 15.2 Å². The molecule has 2 aromatic rings. The molecule has 1 aromatic carbocycles. The largest absolute Gasteiger partial charge is 0.455 e. The van der Waals surface area contributed by atoms with Gasteiger partial charge in [-0.15, -0.1) is 0 Å². The Morgan fingerprint density at radius 2 is 2.00 bits per heavy atom. The summed E-state index contributed by atoms with van der Waals surface area (Å²) in [5.74, 6) is 0.805. The van der Waals surface area contributed by atoms with Gasteiger partial charge in [0.05, 0.1) is 12.6 Å². The number of hydrogen-bond acceptors (Lipinski definition) is 6. The monoisotopic (exact) mass is 506 g/mol. The number of ether oxygens (including phenoxy) is 2. The van der Waals surface area contributed by atoms with E-state index in [4.69, 9.17) is 26.1 Å². The number of carbonyl (C=O) groups excluding carboxylic acids is 2. The Kier molecular flexibility index (Phi) is 5.21. The van der Waals surface area contributed by atoms with Crippen molar-refractivity contribution in [1.29, 1.82) is 0 Å². The van der Waals surface area contributed by atoms with Crippen LogP contribution in [0.25, 0.3) is 0 Å². The molecule has 2 aliphatic rings. The third-order valence-corrected chi connectivity index (χ3v) is 5.60. The van der Waals surface area contributed by atoms with Crippen molar-refractivity contribution in [3.05, 3.63) is 51.2 Å². The number of hydrogen-bond donors (Lipinski definition) is 1. The van der Waals surface area contributed by atoms with E-state index in [0.29, 0.717) is 22.6 Å². The van der Waals surface area contributed by atoms with E-state index in [9.17, 15) is 9.59 Å². The Hall–Kier alpha value is -2.65. The second-order valence-electron chi connectivity index (χ2n) is 8.30. The SMILES string of the molecule is CN1C(=O)CC2(N=C1NC(=O)OC(C)(C)C)c1cc(Br)ccc1Oc1cnc(Cl)cc12. The maximum Gasteiger partial charge on any atom is 0.414 e. The summed E-state index contributed by atoms with van der Waals surface area (Å²) < 4.78 is 12.1. The van der Waals surface area contributed by atoms with Gasteiger partial charge in [-0.3, -0.25) is 15.0 Å². The Bertz CT molecular complexity index is 1080. The zero-order chi connectivity index (χ0) is 22.6. The molecular formula is C21H20BrClN4O4. The van der Waals surface area contributed by atoms with Crippen LogP contribution in [0.4, 0.5) is 4.79 Å². The summed E-state index contributed by atoms with van der Waals surface area (Å²) in [6.07, 6.45) is 0.810. The molecule has 0 saturated heterocycles. The molecule has 0 aliphatic carbocycles. The predicted octanol–water partition coefficient (Wildman–Crippen LogP) is 4.59. The molecule has 1 unspecified atom stereocenters. The molecule has 2 amide bonds. The van der Waals surface area contributed by atoms with E-state index >= 15 is 0 Å². The number of nitrogens with one attached hydrogen (secondary N) is 1. The molecule has 162 valence electrons. The van der Waals surface area contributed by atoms with Crippen molar-refractivity contribution in [3.63, 3.8) is 0 Å². The molecule has 1 atom stereocenters. The van der Waals surface area contributed by atoms with Crippen LogP contribution in [-0.2, 0) is 15.1 Å². The number of pyridine rings is 1. The van der Waals surface area contributed by atoms with Crippen molar-refractivity contribution in [3.8, 4) is 11.5 Å². The molecule has 2 aliphatic heterocycles. The van der Waals surface area contributed by atoms with Crippen LogP contribution in [0.5, 0.6) is 11.5 Å². The first-order valence-corrected chi connectivity index (χ1v) is 10.7. The molecule has 0 saturated carbocycles. The number of amides is 2. The number of rotatable bonds is 0. The van der Waals surface area contributed by atoms with Gasteiger partial charge in [0.2, 0.25) is 11.9 Å². The van der Waals surface area contributed by atoms with Gasteiger partial charge < -0.3 is 9.47 Å². The molecule has 10 heteroatoms. The van der Waals surface area contributed by atoms with Gasteiger partial charge in [0.1, 0.15) is 22.0 Å². The van der Waals surface area contributed by atoms with Crippen LogP contribution in [0.15, 0.2) is 39.9 Å². The molecule has 31 heavy (non-hydrogen) atoms. The Labute approximate surface area is 192 Å². The van der Waals surface area contributed by atoms with Crippen molar-refractivity contribution >= 4 is 45.5 Å². The molecule has 0 radical (unpaired) electrons. The first kappa shape index (κ1) is 21.6. The van der Waals surface area contributed by atoms with E-state index in [0.717, 1.165) is 4.47 Å². The number of benzene rings is 1. The van der Waals surface area contributed by atoms with Crippen LogP contribution in [0.2, 0.25) is 5.15 Å². The number of aromatic nitrogens is 1. The average molecular weight is 508 g/mol. The highest BCUT2D eigenvalue weighted by Gasteiger charge is 2.48. The normalized spacial score (nSPS) is 19.9. The third-order valence-electron chi connectivity index (χ3n) is 4.90. The quantitative estimate of drug-likeness (QED) is 0.527. The number of carbonyl (C=O) groups is 2. The molecular weight excluding hydrogens is 488 g/mol. The van der Waals surface area contributed by atoms with Gasteiger partial charge in [-0.1, -0.05) is 27.5 Å². The number of nitrogens with zero attached hydrogens (tertiary/aromatic N) is 3. The van der Waals surface area contributed by atoms with Gasteiger partial charge in [-0.2, -0.15) is 0 Å². The number of guanidine groups is 1. The fraction of sp³-hybridized carbons (Fsp3) is 0.333. The third kappa shape index (κ3) is 3.99. The number of alkyl carbamates (subject to hydrolysis) is 1. The highest BCUT2D eigenvalue weighted by atomic mass is 79.9. The molecule has 8 nitrogen and oxygen atoms in total. The maximum atomic E-state index is 13.1. The fourth-order valence-electron chi connectivity index (χ4n) is 3.57. The average Bonchev–Trinajstić information content (AvgIpc) is 2.66. The lowest BCUT2D eigenvalue weighted by molar-refractivity contribution is -0.128. The van der Waals surface area contributed by atoms with Crippen LogP contribution < -0.4 is 10.1 Å². The molecule has 4 rings (SSSR count). The van der Waals surface area contributed by atoms with Crippen molar-refractivity contribution in [2.45, 2.75) is 38.3 Å². The van der Waals surface area contributed by atoms with Gasteiger partial charge in [0.25, 0.3) is 0 Å². The second-order valence-corrected chi connectivity index (χ2v) is 9.60. The first-order valence-electron chi connectivity index (χ1n) is 9.49. The van der Waals surface area contributed by atoms with Gasteiger partial charge in [-0.05, 0) is 45.0 Å². The lowest BCUT2D eigenvalue weighted by Gasteiger charge is -2.41. The second kappa shape index (κ2) is 7.49. The summed E-state index contributed by atoms with van der Waals surface area (Å²) in [4.78, 5) is 35.8. The van der Waals surface area contributed by atoms with Gasteiger partial charge in [-0.25, -0.2) is 14.8 Å². The summed E-state index contributed by atoms with van der Waals surface area (Å²) in [6.45, 7) is 5.26. The lowest BCUT2D eigenvalue weighted by atomic mass is 9.77. The van der Waals surface area contributed by atoms with E-state index in [-0.39, 0.29) is 23.4 Å². The molecule has 3 heterocycles. The fourth-order valence-corrected chi connectivity index (χ4v) is 4.09. The van der Waals surface area contributed by atoms with E-state index in [2.05, 4.69) is 26.2 Å². The molecule has 1 aromatic heterocycles. The molecule has 0 bridgehead atoms. The minimum absolute atomic E-state index is 0.0170. The number of aliphatic imine (C=N–C) groups is 1. The van der Waals surface area contributed by atoms with Gasteiger partial charge in [0, 0.05) is 22.6 Å². The summed E-state index contributed by atoms with van der Waals surface area (Å²) in [7, 11) is 1.55. The highest BCUT2D eigenvalue weighted by Crippen LogP contribution is 2.52. The van der Waals surface area contributed by atoms with E-state index < -0.39 is 17.2 Å². The Morgan fingerprint density at radius 3 is 2.71 bits per heavy atom. The summed E-state index contributed by atoms with van der Waals surface area (Å²) >= 11 is 9.67. The van der Waals surface area contributed by atoms with E-state index in [1.807, 2.05) is 12.1 Å². The topological polar surface area (TPSA) is 93.1 Å². The minimum atomic E-state index is -1.16. The Balaban J connectivity index is 1.91. The predicted molar refractivity (Wildman–Crippen MR) is 118 cm³/mol. The van der Waals surface area contributed by atoms with Crippen molar-refractivity contribution < 1.29 is 19.1 Å². The minimum Gasteiger partial charge on any atom is -0.455 e. The lowest BCUT2D eigenvalue weighted by Crippen LogP contribution is -2.53. The first-order chi connectivity index (χ1) is 14.5. The van der Waals surface area contributed by atoms with Crippen molar-refractivity contribution in [2.75, 3.05) is 7.05 Å². The zero-order valence-corrected chi connectivity index (χ0v) is 19.7. The standard InChI is InChI=1S/C21H20BrClN4O4/c1-20(2,3)31-19(29)25-18-26-21(9-17(28)27(18)4)12-7-11(22)5-6-14(12)30-15-10-24-16(23)8-13(15)21/h5-8,10H,9H2,1-4H3,(H,25,26,29). The van der Waals surface area contributed by atoms with Crippen molar-refractivity contribution in [2.24, 2.45) is 4.99 Å². The van der Waals surface area contributed by atoms with E-state index in [1.165, 1.54) is 11.1 Å². The van der Waals surface area contributed by atoms with Gasteiger partial charge in [0.15, 0.2) is 5.75 Å². The van der Waals surface area contributed by atoms with E-state index in [1.54, 1.807) is 40.0 Å². The summed E-state index contributed by atoms with van der Waals surface area (Å²) in [5, 5.41) is 2.85. The van der Waals surface area contributed by atoms with Crippen LogP contribution in [0.3, 0.4) is 0 Å². The number of halogens is 2. The Morgan fingerprint density at radius 1 is 1.29 bits per heavy atom. The number of fused-ring (bicyclic) bond motifs is 4. The molecule has 1 N–H and O–H groups in total. The molecule has 0 fully saturated rings. The van der Waals surface area contributed by atoms with Gasteiger partial charge >= 0.3 is 6.09 Å². The van der Waals surface area contributed by atoms with Crippen LogP contribution in [0, 0.1) is 0 Å². The zero-order valence-electron chi connectivity index (χ0n) is 17.3. The van der Waals surface area contributed by atoms with Crippen LogP contribution in [-0.4, -0.2) is 40.5 Å². The smallest absolute Gasteiger partial charge is 0.414 e. The summed E-state index contributed by atoms with van der Waals surface area (Å²) in [5.41, 5.74) is -0.612. The van der Waals surface area contributed by atoms with Crippen LogP contribution >= 0.6 is 27.5 Å². The summed E-state index contributed by atoms with van der Waals surface area (Å²) in [6, 6.07) is 7.10. The molecule has 1 spiro atoms. The maximum absolute atomic E-state index is 13.1.